The molecule has 2 aromatic carbocycles. The van der Waals surface area contributed by atoms with Gasteiger partial charge in [-0.3, -0.25) is 4.72 Å². The molecule has 0 aliphatic rings. The van der Waals surface area contributed by atoms with Gasteiger partial charge in [-0.1, -0.05) is 15.9 Å². The number of anilines is 1. The minimum Gasteiger partial charge on any atom is -0.277 e. The molecule has 0 spiro atoms. The van der Waals surface area contributed by atoms with Crippen molar-refractivity contribution in [2.24, 2.45) is 0 Å². The van der Waals surface area contributed by atoms with Crippen molar-refractivity contribution in [2.45, 2.75) is 4.90 Å². The van der Waals surface area contributed by atoms with E-state index in [4.69, 9.17) is 0 Å². The number of rotatable bonds is 3. The number of hydrogen-bond acceptors (Lipinski definition) is 2. The average Bonchev–Trinajstić information content (AvgIpc) is 2.35. The Hall–Kier alpha value is -0.510. The summed E-state index contributed by atoms with van der Waals surface area (Å²) in [4.78, 5) is -0.0643. The third-order valence-corrected chi connectivity index (χ3v) is 5.88. The minimum atomic E-state index is -4.01. The van der Waals surface area contributed by atoms with Crippen LogP contribution in [-0.2, 0) is 10.0 Å². The Bertz CT molecular complexity index is 812. The Balaban J connectivity index is 2.45. The molecule has 0 bridgehead atoms. The molecular formula is C12H6Br3F2NO2S. The summed E-state index contributed by atoms with van der Waals surface area (Å²) in [6, 6.07) is 6.06. The molecule has 0 saturated heterocycles. The van der Waals surface area contributed by atoms with Gasteiger partial charge in [0, 0.05) is 15.0 Å². The van der Waals surface area contributed by atoms with E-state index < -0.39 is 21.7 Å². The quantitative estimate of drug-likeness (QED) is 0.593. The van der Waals surface area contributed by atoms with Crippen LogP contribution in [0, 0.1) is 11.6 Å². The second-order valence-electron chi connectivity index (χ2n) is 3.93. The highest BCUT2D eigenvalue weighted by atomic mass is 79.9. The largest absolute Gasteiger partial charge is 0.277 e. The highest BCUT2D eigenvalue weighted by molar-refractivity contribution is 9.11. The molecule has 0 radical (unpaired) electrons. The van der Waals surface area contributed by atoms with Gasteiger partial charge in [0.1, 0.15) is 16.5 Å². The summed E-state index contributed by atoms with van der Waals surface area (Å²) in [6.45, 7) is 0. The molecule has 1 N–H and O–H groups in total. The van der Waals surface area contributed by atoms with Gasteiger partial charge in [-0.15, -0.1) is 0 Å². The number of nitrogens with one attached hydrogen (secondary N) is 1. The lowest BCUT2D eigenvalue weighted by molar-refractivity contribution is 0.579. The van der Waals surface area contributed by atoms with Crippen LogP contribution in [-0.4, -0.2) is 8.42 Å². The number of halogens is 5. The predicted octanol–water partition coefficient (Wildman–Crippen LogP) is 5.05. The fraction of sp³-hybridized carbons (Fsp3) is 0. The van der Waals surface area contributed by atoms with Gasteiger partial charge in [0.15, 0.2) is 0 Å². The van der Waals surface area contributed by atoms with Crippen LogP contribution in [0.25, 0.3) is 0 Å². The monoisotopic (exact) mass is 503 g/mol. The molecule has 0 amide bonds. The first kappa shape index (κ1) is 16.9. The average molecular weight is 506 g/mol. The van der Waals surface area contributed by atoms with Gasteiger partial charge in [-0.25, -0.2) is 17.2 Å². The van der Waals surface area contributed by atoms with E-state index in [1.54, 1.807) is 6.07 Å². The van der Waals surface area contributed by atoms with Crippen molar-refractivity contribution in [3.63, 3.8) is 0 Å². The van der Waals surface area contributed by atoms with E-state index in [9.17, 15) is 17.2 Å². The standard InChI is InChI=1S/C12H6Br3F2NO2S/c13-6-1-2-12(8(15)3-6)21(19,20)18-11-4-7(14)9(16)5-10(11)17/h1-5,18H. The van der Waals surface area contributed by atoms with Gasteiger partial charge in [0.25, 0.3) is 10.0 Å². The molecule has 112 valence electrons. The molecule has 0 aromatic heterocycles. The number of sulfonamides is 1. The SMILES string of the molecule is O=S(=O)(Nc1cc(Br)c(F)cc1F)c1ccc(Br)cc1Br. The summed E-state index contributed by atoms with van der Waals surface area (Å²) >= 11 is 9.21. The lowest BCUT2D eigenvalue weighted by atomic mass is 10.3. The summed E-state index contributed by atoms with van der Waals surface area (Å²) in [5.41, 5.74) is -0.349. The van der Waals surface area contributed by atoms with Crippen molar-refractivity contribution in [3.05, 3.63) is 55.4 Å². The molecule has 2 rings (SSSR count). The first-order valence-electron chi connectivity index (χ1n) is 5.33. The summed E-state index contributed by atoms with van der Waals surface area (Å²) < 4.78 is 54.3. The van der Waals surface area contributed by atoms with Crippen LogP contribution in [0.15, 0.2) is 48.6 Å². The fourth-order valence-electron chi connectivity index (χ4n) is 1.49. The molecule has 0 saturated carbocycles. The zero-order chi connectivity index (χ0) is 15.8. The zero-order valence-corrected chi connectivity index (χ0v) is 15.6. The Morgan fingerprint density at radius 1 is 0.905 bits per heavy atom. The summed E-state index contributed by atoms with van der Waals surface area (Å²) in [5.74, 6) is -1.83. The number of benzene rings is 2. The Morgan fingerprint density at radius 2 is 1.57 bits per heavy atom. The maximum Gasteiger partial charge on any atom is 0.263 e. The van der Waals surface area contributed by atoms with E-state index in [2.05, 4.69) is 52.5 Å². The first-order chi connectivity index (χ1) is 9.70. The van der Waals surface area contributed by atoms with Crippen molar-refractivity contribution in [2.75, 3.05) is 4.72 Å². The second kappa shape index (κ2) is 6.31. The third kappa shape index (κ3) is 3.82. The van der Waals surface area contributed by atoms with Crippen molar-refractivity contribution in [1.29, 1.82) is 0 Å². The molecule has 0 heterocycles. The molecule has 9 heteroatoms. The van der Waals surface area contributed by atoms with E-state index in [0.717, 1.165) is 6.07 Å². The molecular weight excluding hydrogens is 500 g/mol. The molecule has 0 aliphatic carbocycles. The van der Waals surface area contributed by atoms with Crippen LogP contribution >= 0.6 is 47.8 Å². The maximum absolute atomic E-state index is 13.6. The van der Waals surface area contributed by atoms with Crippen molar-refractivity contribution in [3.8, 4) is 0 Å². The normalized spacial score (nSPS) is 11.5. The number of hydrogen-bond donors (Lipinski definition) is 1. The maximum atomic E-state index is 13.6. The van der Waals surface area contributed by atoms with Gasteiger partial charge >= 0.3 is 0 Å². The molecule has 2 aromatic rings. The smallest absolute Gasteiger partial charge is 0.263 e. The summed E-state index contributed by atoms with van der Waals surface area (Å²) in [6.07, 6.45) is 0. The lowest BCUT2D eigenvalue weighted by Crippen LogP contribution is -2.14. The minimum absolute atomic E-state index is 0.0449. The molecule has 21 heavy (non-hydrogen) atoms. The topological polar surface area (TPSA) is 46.2 Å². The van der Waals surface area contributed by atoms with Crippen LogP contribution < -0.4 is 4.72 Å². The van der Waals surface area contributed by atoms with E-state index in [-0.39, 0.29) is 15.1 Å². The van der Waals surface area contributed by atoms with Crippen LogP contribution in [0.3, 0.4) is 0 Å². The van der Waals surface area contributed by atoms with E-state index in [0.29, 0.717) is 15.0 Å². The molecule has 3 nitrogen and oxygen atoms in total. The van der Waals surface area contributed by atoms with Gasteiger partial charge < -0.3 is 0 Å². The van der Waals surface area contributed by atoms with E-state index >= 15 is 0 Å². The van der Waals surface area contributed by atoms with Gasteiger partial charge in [-0.05, 0) is 56.1 Å². The van der Waals surface area contributed by atoms with Crippen LogP contribution in [0.4, 0.5) is 14.5 Å². The predicted molar refractivity (Wildman–Crippen MR) is 86.7 cm³/mol. The summed E-state index contributed by atoms with van der Waals surface area (Å²) in [5, 5.41) is 0. The Labute approximate surface area is 145 Å². The zero-order valence-electron chi connectivity index (χ0n) is 10.0. The molecule has 0 fully saturated rings. The van der Waals surface area contributed by atoms with Crippen LogP contribution in [0.5, 0.6) is 0 Å². The van der Waals surface area contributed by atoms with Crippen molar-refractivity contribution in [1.82, 2.24) is 0 Å². The van der Waals surface area contributed by atoms with Crippen LogP contribution in [0.2, 0.25) is 0 Å². The Kier molecular flexibility index (Phi) is 5.07. The van der Waals surface area contributed by atoms with Crippen LogP contribution in [0.1, 0.15) is 0 Å². The third-order valence-electron chi connectivity index (χ3n) is 2.44. The first-order valence-corrected chi connectivity index (χ1v) is 9.19. The molecule has 0 aliphatic heterocycles. The van der Waals surface area contributed by atoms with Crippen molar-refractivity contribution < 1.29 is 17.2 Å². The van der Waals surface area contributed by atoms with Gasteiger partial charge in [-0.2, -0.15) is 0 Å². The highest BCUT2D eigenvalue weighted by Crippen LogP contribution is 2.29. The summed E-state index contributed by atoms with van der Waals surface area (Å²) in [7, 11) is -4.01. The van der Waals surface area contributed by atoms with Gasteiger partial charge in [0.05, 0.1) is 10.2 Å². The van der Waals surface area contributed by atoms with E-state index in [1.165, 1.54) is 12.1 Å². The van der Waals surface area contributed by atoms with E-state index in [1.807, 2.05) is 0 Å². The van der Waals surface area contributed by atoms with Gasteiger partial charge in [0.2, 0.25) is 0 Å². The highest BCUT2D eigenvalue weighted by Gasteiger charge is 2.20. The Morgan fingerprint density at radius 3 is 2.19 bits per heavy atom. The second-order valence-corrected chi connectivity index (χ2v) is 8.20. The molecule has 0 unspecified atom stereocenters. The molecule has 0 atom stereocenters. The fourth-order valence-corrected chi connectivity index (χ4v) is 4.64. The van der Waals surface area contributed by atoms with Crippen molar-refractivity contribution >= 4 is 63.5 Å². The lowest BCUT2D eigenvalue weighted by Gasteiger charge is -2.11.